The monoisotopic (exact) mass is 386 g/mol. The van der Waals surface area contributed by atoms with Crippen LogP contribution in [0.4, 0.5) is 5.69 Å². The Morgan fingerprint density at radius 3 is 2.84 bits per heavy atom. The summed E-state index contributed by atoms with van der Waals surface area (Å²) in [6, 6.07) is 7.54. The zero-order chi connectivity index (χ0) is 13.2. The maximum atomic E-state index is 3.68. The summed E-state index contributed by atoms with van der Waals surface area (Å²) < 4.78 is 1.22. The zero-order valence-electron chi connectivity index (χ0n) is 11.1. The summed E-state index contributed by atoms with van der Waals surface area (Å²) in [5, 5.41) is 0.907. The van der Waals surface area contributed by atoms with Gasteiger partial charge >= 0.3 is 0 Å². The topological polar surface area (TPSA) is 6.48 Å². The smallest absolute Gasteiger partial charge is 0.0378 e. The molecule has 2 heterocycles. The Labute approximate surface area is 132 Å². The van der Waals surface area contributed by atoms with Gasteiger partial charge in [0.25, 0.3) is 0 Å². The fraction of sp³-hybridized carbons (Fsp3) is 0.600. The van der Waals surface area contributed by atoms with E-state index in [1.165, 1.54) is 54.6 Å². The first-order valence-corrected chi connectivity index (χ1v) is 9.03. The maximum Gasteiger partial charge on any atom is 0.0378 e. The van der Waals surface area contributed by atoms with Gasteiger partial charge in [-0.05, 0) is 37.1 Å². The van der Waals surface area contributed by atoms with Crippen LogP contribution in [0.15, 0.2) is 22.7 Å². The number of nitrogens with zero attached hydrogens (tertiary/aromatic N) is 2. The number of piperazine rings is 1. The summed E-state index contributed by atoms with van der Waals surface area (Å²) in [7, 11) is 0. The van der Waals surface area contributed by atoms with Crippen LogP contribution in [0, 0.1) is 0 Å². The number of anilines is 1. The van der Waals surface area contributed by atoms with Crippen molar-refractivity contribution in [3.05, 3.63) is 28.2 Å². The van der Waals surface area contributed by atoms with Gasteiger partial charge in [0.2, 0.25) is 0 Å². The number of hydrogen-bond donors (Lipinski definition) is 0. The molecule has 0 aromatic heterocycles. The molecule has 2 nitrogen and oxygen atoms in total. The van der Waals surface area contributed by atoms with Gasteiger partial charge in [-0.3, -0.25) is 4.90 Å². The number of alkyl halides is 1. The van der Waals surface area contributed by atoms with Gasteiger partial charge < -0.3 is 4.90 Å². The molecule has 0 saturated carbocycles. The van der Waals surface area contributed by atoms with Crippen molar-refractivity contribution >= 4 is 37.5 Å². The fourth-order valence-corrected chi connectivity index (χ4v) is 4.60. The SMILES string of the molecule is BrCc1ccc(N2CCN3CCCCC3C2)cc1Br. The van der Waals surface area contributed by atoms with Crippen LogP contribution in [0.2, 0.25) is 0 Å². The Kier molecular flexibility index (Phi) is 4.50. The molecule has 2 fully saturated rings. The molecule has 1 unspecified atom stereocenters. The van der Waals surface area contributed by atoms with Gasteiger partial charge in [-0.15, -0.1) is 0 Å². The van der Waals surface area contributed by atoms with Crippen molar-refractivity contribution in [2.45, 2.75) is 30.6 Å². The molecule has 0 aliphatic carbocycles. The summed E-state index contributed by atoms with van der Waals surface area (Å²) in [6.45, 7) is 4.89. The number of hydrogen-bond acceptors (Lipinski definition) is 2. The van der Waals surface area contributed by atoms with E-state index in [1.807, 2.05) is 0 Å². The number of fused-ring (bicyclic) bond motifs is 1. The molecule has 2 saturated heterocycles. The van der Waals surface area contributed by atoms with Gasteiger partial charge in [0, 0.05) is 41.2 Å². The average Bonchev–Trinajstić information content (AvgIpc) is 2.46. The van der Waals surface area contributed by atoms with Crippen LogP contribution < -0.4 is 4.90 Å². The van der Waals surface area contributed by atoms with E-state index in [9.17, 15) is 0 Å². The number of piperidine rings is 1. The van der Waals surface area contributed by atoms with E-state index in [-0.39, 0.29) is 0 Å². The summed E-state index contributed by atoms with van der Waals surface area (Å²) in [4.78, 5) is 5.23. The summed E-state index contributed by atoms with van der Waals surface area (Å²) >= 11 is 7.20. The van der Waals surface area contributed by atoms with Crippen molar-refractivity contribution in [1.82, 2.24) is 4.90 Å². The molecule has 104 valence electrons. The largest absolute Gasteiger partial charge is 0.369 e. The lowest BCUT2D eigenvalue weighted by atomic mass is 9.99. The molecule has 0 spiro atoms. The number of benzene rings is 1. The van der Waals surface area contributed by atoms with Crippen LogP contribution >= 0.6 is 31.9 Å². The van der Waals surface area contributed by atoms with E-state index in [2.05, 4.69) is 59.9 Å². The molecule has 1 aromatic rings. The van der Waals surface area contributed by atoms with Gasteiger partial charge in [0.1, 0.15) is 0 Å². The van der Waals surface area contributed by atoms with Crippen LogP contribution in [-0.2, 0) is 5.33 Å². The molecule has 1 aromatic carbocycles. The summed E-state index contributed by atoms with van der Waals surface area (Å²) in [5.74, 6) is 0. The van der Waals surface area contributed by atoms with Crippen LogP contribution in [0.3, 0.4) is 0 Å². The highest BCUT2D eigenvalue weighted by Gasteiger charge is 2.28. The number of rotatable bonds is 2. The quantitative estimate of drug-likeness (QED) is 0.707. The average molecular weight is 388 g/mol. The lowest BCUT2D eigenvalue weighted by molar-refractivity contribution is 0.133. The third-order valence-electron chi connectivity index (χ3n) is 4.38. The summed E-state index contributed by atoms with van der Waals surface area (Å²) in [6.07, 6.45) is 4.17. The first-order chi connectivity index (χ1) is 9.28. The fourth-order valence-electron chi connectivity index (χ4n) is 3.23. The van der Waals surface area contributed by atoms with Crippen LogP contribution in [0.1, 0.15) is 24.8 Å². The van der Waals surface area contributed by atoms with Crippen LogP contribution in [0.25, 0.3) is 0 Å². The third-order valence-corrected chi connectivity index (χ3v) is 5.73. The predicted octanol–water partition coefficient (Wildman–Crippen LogP) is 4.02. The molecule has 2 aliphatic heterocycles. The first kappa shape index (κ1) is 13.9. The van der Waals surface area contributed by atoms with E-state index in [1.54, 1.807) is 0 Å². The van der Waals surface area contributed by atoms with E-state index in [4.69, 9.17) is 0 Å². The minimum absolute atomic E-state index is 0.775. The highest BCUT2D eigenvalue weighted by Crippen LogP contribution is 2.29. The lowest BCUT2D eigenvalue weighted by Gasteiger charge is -2.45. The van der Waals surface area contributed by atoms with Crippen molar-refractivity contribution in [2.75, 3.05) is 31.1 Å². The Hall–Kier alpha value is -0.0600. The third kappa shape index (κ3) is 3.01. The molecule has 0 N–H and O–H groups in total. The van der Waals surface area contributed by atoms with E-state index >= 15 is 0 Å². The van der Waals surface area contributed by atoms with Crippen molar-refractivity contribution < 1.29 is 0 Å². The molecule has 0 radical (unpaired) electrons. The normalized spacial score (nSPS) is 24.3. The van der Waals surface area contributed by atoms with E-state index < -0.39 is 0 Å². The second-order valence-electron chi connectivity index (χ2n) is 5.54. The minimum Gasteiger partial charge on any atom is -0.369 e. The van der Waals surface area contributed by atoms with E-state index in [0.717, 1.165) is 17.9 Å². The predicted molar refractivity (Wildman–Crippen MR) is 88.2 cm³/mol. The van der Waals surface area contributed by atoms with Gasteiger partial charge in [-0.25, -0.2) is 0 Å². The number of halogens is 2. The molecule has 0 amide bonds. The Bertz CT molecular complexity index is 450. The second kappa shape index (κ2) is 6.15. The molecule has 0 bridgehead atoms. The maximum absolute atomic E-state index is 3.68. The van der Waals surface area contributed by atoms with Gasteiger partial charge in [0.05, 0.1) is 0 Å². The lowest BCUT2D eigenvalue weighted by Crippen LogP contribution is -2.54. The van der Waals surface area contributed by atoms with Gasteiger partial charge in [-0.2, -0.15) is 0 Å². The van der Waals surface area contributed by atoms with Gasteiger partial charge in [-0.1, -0.05) is 44.3 Å². The van der Waals surface area contributed by atoms with Crippen molar-refractivity contribution in [3.63, 3.8) is 0 Å². The highest BCUT2D eigenvalue weighted by atomic mass is 79.9. The summed E-state index contributed by atoms with van der Waals surface area (Å²) in [5.41, 5.74) is 2.68. The highest BCUT2D eigenvalue weighted by molar-refractivity contribution is 9.10. The Morgan fingerprint density at radius 2 is 2.05 bits per heavy atom. The first-order valence-electron chi connectivity index (χ1n) is 7.11. The van der Waals surface area contributed by atoms with Crippen molar-refractivity contribution in [2.24, 2.45) is 0 Å². The molecule has 1 atom stereocenters. The molecule has 2 aliphatic rings. The molecular weight excluding hydrogens is 368 g/mol. The molecular formula is C15H20Br2N2. The Morgan fingerprint density at radius 1 is 1.16 bits per heavy atom. The van der Waals surface area contributed by atoms with Crippen molar-refractivity contribution in [3.8, 4) is 0 Å². The van der Waals surface area contributed by atoms with Crippen LogP contribution in [0.5, 0.6) is 0 Å². The van der Waals surface area contributed by atoms with Crippen LogP contribution in [-0.4, -0.2) is 37.1 Å². The molecule has 4 heteroatoms. The minimum atomic E-state index is 0.775. The zero-order valence-corrected chi connectivity index (χ0v) is 14.3. The second-order valence-corrected chi connectivity index (χ2v) is 6.96. The molecule has 3 rings (SSSR count). The van der Waals surface area contributed by atoms with Crippen molar-refractivity contribution in [1.29, 1.82) is 0 Å². The van der Waals surface area contributed by atoms with E-state index in [0.29, 0.717) is 0 Å². The molecule has 19 heavy (non-hydrogen) atoms. The Balaban J connectivity index is 1.74. The standard InChI is InChI=1S/C15H20Br2N2/c16-10-12-4-5-13(9-15(12)17)19-8-7-18-6-2-1-3-14(18)11-19/h4-5,9,14H,1-3,6-8,10-11H2. The van der Waals surface area contributed by atoms with Gasteiger partial charge in [0.15, 0.2) is 0 Å².